The second kappa shape index (κ2) is 7.57. The van der Waals surface area contributed by atoms with E-state index in [4.69, 9.17) is 0 Å². The van der Waals surface area contributed by atoms with Crippen molar-refractivity contribution in [1.29, 1.82) is 0 Å². The van der Waals surface area contributed by atoms with Gasteiger partial charge in [-0.25, -0.2) is 0 Å². The van der Waals surface area contributed by atoms with Crippen molar-refractivity contribution in [3.63, 3.8) is 0 Å². The molecule has 2 N–H and O–H groups in total. The smallest absolute Gasteiger partial charge is 0.254 e. The summed E-state index contributed by atoms with van der Waals surface area (Å²) in [7, 11) is 0. The quantitative estimate of drug-likeness (QED) is 0.851. The molecule has 2 aliphatic heterocycles. The van der Waals surface area contributed by atoms with E-state index >= 15 is 0 Å². The van der Waals surface area contributed by atoms with E-state index in [0.29, 0.717) is 5.56 Å². The number of hydrogen-bond acceptors (Lipinski definition) is 3. The largest absolute Gasteiger partial charge is 0.339 e. The second-order valence-corrected chi connectivity index (χ2v) is 7.84. The first kappa shape index (κ1) is 19.2. The lowest BCUT2D eigenvalue weighted by molar-refractivity contribution is -0.118. The van der Waals surface area contributed by atoms with E-state index in [1.165, 1.54) is 0 Å². The summed E-state index contributed by atoms with van der Waals surface area (Å²) in [5.41, 5.74) is 2.61. The van der Waals surface area contributed by atoms with E-state index in [1.807, 2.05) is 30.0 Å². The minimum Gasteiger partial charge on any atom is -0.339 e. The van der Waals surface area contributed by atoms with Gasteiger partial charge in [0.05, 0.1) is 0 Å². The fourth-order valence-electron chi connectivity index (χ4n) is 4.51. The van der Waals surface area contributed by atoms with Crippen LogP contribution in [-0.4, -0.2) is 42.9 Å². The van der Waals surface area contributed by atoms with Crippen molar-refractivity contribution in [3.8, 4) is 0 Å². The molecule has 0 radical (unpaired) electrons. The number of nitrogens with one attached hydrogen (secondary N) is 2. The molecule has 1 aromatic carbocycles. The minimum absolute atomic E-state index is 0. The molecule has 1 saturated carbocycles. The van der Waals surface area contributed by atoms with Crippen LogP contribution >= 0.6 is 12.4 Å². The van der Waals surface area contributed by atoms with Crippen LogP contribution in [0.15, 0.2) is 18.2 Å². The van der Waals surface area contributed by atoms with E-state index in [9.17, 15) is 9.59 Å². The number of halogens is 1. The van der Waals surface area contributed by atoms with Crippen LogP contribution in [0.25, 0.3) is 0 Å². The van der Waals surface area contributed by atoms with Crippen LogP contribution < -0.4 is 10.6 Å². The maximum atomic E-state index is 12.7. The fraction of sp³-hybridized carbons (Fsp3) is 0.600. The molecule has 3 aliphatic rings. The normalized spacial score (nSPS) is 23.4. The molecule has 142 valence electrons. The van der Waals surface area contributed by atoms with Crippen molar-refractivity contribution in [2.24, 2.45) is 11.3 Å². The third-order valence-electron chi connectivity index (χ3n) is 6.32. The van der Waals surface area contributed by atoms with Crippen LogP contribution in [0.2, 0.25) is 0 Å². The first-order valence-electron chi connectivity index (χ1n) is 9.51. The van der Waals surface area contributed by atoms with Crippen molar-refractivity contribution in [3.05, 3.63) is 29.3 Å². The van der Waals surface area contributed by atoms with Crippen molar-refractivity contribution in [2.45, 2.75) is 39.0 Å². The molecule has 0 bridgehead atoms. The monoisotopic (exact) mass is 377 g/mol. The molecular weight excluding hydrogens is 350 g/mol. The van der Waals surface area contributed by atoms with Crippen LogP contribution in [0.1, 0.15) is 48.0 Å². The van der Waals surface area contributed by atoms with Crippen molar-refractivity contribution in [2.75, 3.05) is 31.5 Å². The SMILES string of the molecule is Cc1c(NC(=O)C2CC23CCNCC3)cccc1C(=O)N1CCCC1.Cl. The molecule has 6 heteroatoms. The van der Waals surface area contributed by atoms with Gasteiger partial charge in [-0.15, -0.1) is 12.4 Å². The third-order valence-corrected chi connectivity index (χ3v) is 6.32. The molecule has 1 aliphatic carbocycles. The number of anilines is 1. The van der Waals surface area contributed by atoms with Crippen molar-refractivity contribution in [1.82, 2.24) is 10.2 Å². The Labute approximate surface area is 161 Å². The van der Waals surface area contributed by atoms with E-state index in [1.54, 1.807) is 0 Å². The Morgan fingerprint density at radius 1 is 1.19 bits per heavy atom. The lowest BCUT2D eigenvalue weighted by Gasteiger charge is -2.23. The van der Waals surface area contributed by atoms with Gasteiger partial charge in [0.2, 0.25) is 5.91 Å². The predicted molar refractivity (Wildman–Crippen MR) is 105 cm³/mol. The summed E-state index contributed by atoms with van der Waals surface area (Å²) in [5, 5.41) is 6.47. The van der Waals surface area contributed by atoms with Gasteiger partial charge in [0.15, 0.2) is 0 Å². The zero-order valence-corrected chi connectivity index (χ0v) is 16.2. The Bertz CT molecular complexity index is 694. The van der Waals surface area contributed by atoms with Crippen LogP contribution in [0.3, 0.4) is 0 Å². The van der Waals surface area contributed by atoms with Crippen LogP contribution in [0, 0.1) is 18.3 Å². The maximum absolute atomic E-state index is 12.7. The fourth-order valence-corrected chi connectivity index (χ4v) is 4.51. The van der Waals surface area contributed by atoms with Crippen LogP contribution in [-0.2, 0) is 4.79 Å². The molecule has 3 fully saturated rings. The number of nitrogens with zero attached hydrogens (tertiary/aromatic N) is 1. The highest BCUT2D eigenvalue weighted by molar-refractivity contribution is 6.00. The highest BCUT2D eigenvalue weighted by Gasteiger charge is 2.57. The molecule has 1 atom stereocenters. The first-order chi connectivity index (χ1) is 12.1. The number of carbonyl (C=O) groups is 2. The summed E-state index contributed by atoms with van der Waals surface area (Å²) in [4.78, 5) is 27.3. The van der Waals surface area contributed by atoms with Gasteiger partial charge in [0.25, 0.3) is 5.91 Å². The van der Waals surface area contributed by atoms with Crippen LogP contribution in [0.5, 0.6) is 0 Å². The summed E-state index contributed by atoms with van der Waals surface area (Å²) >= 11 is 0. The first-order valence-corrected chi connectivity index (χ1v) is 9.51. The Kier molecular flexibility index (Phi) is 5.58. The number of benzene rings is 1. The van der Waals surface area contributed by atoms with E-state index in [0.717, 1.165) is 69.5 Å². The van der Waals surface area contributed by atoms with Gasteiger partial charge < -0.3 is 15.5 Å². The molecule has 0 aromatic heterocycles. The number of piperidine rings is 1. The molecule has 1 spiro atoms. The molecule has 2 heterocycles. The molecular formula is C20H28ClN3O2. The van der Waals surface area contributed by atoms with E-state index < -0.39 is 0 Å². The van der Waals surface area contributed by atoms with Crippen LogP contribution in [0.4, 0.5) is 5.69 Å². The molecule has 1 aromatic rings. The second-order valence-electron chi connectivity index (χ2n) is 7.84. The number of rotatable bonds is 3. The number of likely N-dealkylation sites (tertiary alicyclic amines) is 1. The molecule has 4 rings (SSSR count). The summed E-state index contributed by atoms with van der Waals surface area (Å²) in [6.07, 6.45) is 5.36. The zero-order chi connectivity index (χ0) is 17.4. The Morgan fingerprint density at radius 3 is 2.58 bits per heavy atom. The maximum Gasteiger partial charge on any atom is 0.254 e. The summed E-state index contributed by atoms with van der Waals surface area (Å²) < 4.78 is 0. The minimum atomic E-state index is 0. The van der Waals surface area contributed by atoms with Gasteiger partial charge >= 0.3 is 0 Å². The van der Waals surface area contributed by atoms with E-state index in [2.05, 4.69) is 10.6 Å². The van der Waals surface area contributed by atoms with Crippen molar-refractivity contribution < 1.29 is 9.59 Å². The average Bonchev–Trinajstić information content (AvgIpc) is 3.07. The van der Waals surface area contributed by atoms with Gasteiger partial charge in [-0.3, -0.25) is 9.59 Å². The Balaban J connectivity index is 0.00000196. The van der Waals surface area contributed by atoms with Crippen molar-refractivity contribution >= 4 is 29.9 Å². The topological polar surface area (TPSA) is 61.4 Å². The molecule has 5 nitrogen and oxygen atoms in total. The average molecular weight is 378 g/mol. The molecule has 26 heavy (non-hydrogen) atoms. The Morgan fingerprint density at radius 2 is 1.88 bits per heavy atom. The Hall–Kier alpha value is -1.59. The van der Waals surface area contributed by atoms with Gasteiger partial charge in [-0.1, -0.05) is 6.07 Å². The van der Waals surface area contributed by atoms with Gasteiger partial charge in [-0.2, -0.15) is 0 Å². The number of amides is 2. The summed E-state index contributed by atoms with van der Waals surface area (Å²) in [6.45, 7) is 5.65. The van der Waals surface area contributed by atoms with Gasteiger partial charge in [0.1, 0.15) is 0 Å². The lowest BCUT2D eigenvalue weighted by atomic mass is 9.91. The van der Waals surface area contributed by atoms with Gasteiger partial charge in [-0.05, 0) is 75.2 Å². The van der Waals surface area contributed by atoms with E-state index in [-0.39, 0.29) is 35.6 Å². The van der Waals surface area contributed by atoms with Gasteiger partial charge in [0, 0.05) is 30.3 Å². The molecule has 1 unspecified atom stereocenters. The standard InChI is InChI=1S/C20H27N3O2.ClH/c1-14-15(19(25)23-11-2-3-12-23)5-4-6-17(14)22-18(24)16-13-20(16)7-9-21-10-8-20;/h4-6,16,21H,2-3,7-13H2,1H3,(H,22,24);1H. The lowest BCUT2D eigenvalue weighted by Crippen LogP contribution is -2.32. The number of carbonyl (C=O) groups excluding carboxylic acids is 2. The number of hydrogen-bond donors (Lipinski definition) is 2. The summed E-state index contributed by atoms with van der Waals surface area (Å²) in [5.74, 6) is 0.343. The third kappa shape index (κ3) is 3.47. The summed E-state index contributed by atoms with van der Waals surface area (Å²) in [6, 6.07) is 5.65. The zero-order valence-electron chi connectivity index (χ0n) is 15.3. The molecule has 2 saturated heterocycles. The highest BCUT2D eigenvalue weighted by Crippen LogP contribution is 2.58. The predicted octanol–water partition coefficient (Wildman–Crippen LogP) is 2.98. The highest BCUT2D eigenvalue weighted by atomic mass is 35.5. The molecule has 2 amide bonds.